The minimum absolute atomic E-state index is 0.0699. The summed E-state index contributed by atoms with van der Waals surface area (Å²) < 4.78 is 2.40. The van der Waals surface area contributed by atoms with Crippen molar-refractivity contribution >= 4 is 33.4 Å². The molecule has 1 aliphatic rings. The molecular weight excluding hydrogens is 677 g/mol. The lowest BCUT2D eigenvalue weighted by Gasteiger charge is -2.27. The highest BCUT2D eigenvalue weighted by Gasteiger charge is 2.40. The molecule has 0 atom stereocenters. The second kappa shape index (κ2) is 24.2. The molecule has 2 heterocycles. The van der Waals surface area contributed by atoms with Crippen molar-refractivity contribution in [2.75, 3.05) is 11.4 Å². The molecule has 2 nitrogen and oxygen atoms in total. The zero-order valence-electron chi connectivity index (χ0n) is 36.2. The normalized spacial score (nSPS) is 14.7. The number of anilines is 1. The summed E-state index contributed by atoms with van der Waals surface area (Å²) >= 11 is 0. The van der Waals surface area contributed by atoms with Gasteiger partial charge in [0, 0.05) is 41.9 Å². The molecule has 0 aliphatic carbocycles. The van der Waals surface area contributed by atoms with Crippen LogP contribution < -0.4 is 9.47 Å². The molecule has 0 fully saturated rings. The number of fused-ring (bicyclic) bond motifs is 4. The highest BCUT2D eigenvalue weighted by Crippen LogP contribution is 2.50. The van der Waals surface area contributed by atoms with E-state index in [2.05, 4.69) is 140 Å². The maximum atomic E-state index is 2.64. The van der Waals surface area contributed by atoms with Gasteiger partial charge in [-0.15, -0.1) is 0 Å². The average Bonchev–Trinajstić information content (AvgIpc) is 3.44. The fourth-order valence-electron chi connectivity index (χ4n) is 9.15. The van der Waals surface area contributed by atoms with Gasteiger partial charge in [-0.2, -0.15) is 4.57 Å². The largest absolute Gasteiger partial charge is 0.344 e. The Labute approximate surface area is 343 Å². The van der Waals surface area contributed by atoms with Crippen LogP contribution in [0.15, 0.2) is 103 Å². The van der Waals surface area contributed by atoms with Crippen LogP contribution in [-0.4, -0.2) is 6.54 Å². The molecule has 0 bridgehead atoms. The third kappa shape index (κ3) is 12.7. The van der Waals surface area contributed by atoms with Gasteiger partial charge in [-0.3, -0.25) is 0 Å². The fraction of sp³-hybridized carbons (Fsp3) is 0.537. The topological polar surface area (TPSA) is 7.12 Å². The summed E-state index contributed by atoms with van der Waals surface area (Å²) in [5.41, 5.74) is 6.80. The molecule has 1 aliphatic heterocycles. The van der Waals surface area contributed by atoms with E-state index in [0.29, 0.717) is 0 Å². The third-order valence-electron chi connectivity index (χ3n) is 12.5. The number of hydrogen-bond donors (Lipinski definition) is 0. The molecule has 3 aromatic carbocycles. The molecule has 2 heteroatoms. The first-order chi connectivity index (χ1) is 27.6. The van der Waals surface area contributed by atoms with Crippen LogP contribution in [0.25, 0.3) is 27.8 Å². The summed E-state index contributed by atoms with van der Waals surface area (Å²) in [5.74, 6) is 0. The Balaban J connectivity index is 1.08. The Morgan fingerprint density at radius 3 is 1.71 bits per heavy atom. The van der Waals surface area contributed by atoms with Gasteiger partial charge in [0.05, 0.1) is 5.39 Å². The van der Waals surface area contributed by atoms with E-state index in [1.807, 2.05) is 0 Å². The van der Waals surface area contributed by atoms with E-state index in [4.69, 9.17) is 0 Å². The van der Waals surface area contributed by atoms with Gasteiger partial charge >= 0.3 is 0 Å². The molecule has 5 rings (SSSR count). The summed E-state index contributed by atoms with van der Waals surface area (Å²) in [6.07, 6.45) is 44.4. The van der Waals surface area contributed by atoms with Gasteiger partial charge in [0.1, 0.15) is 6.54 Å². The van der Waals surface area contributed by atoms with Crippen molar-refractivity contribution in [3.63, 3.8) is 0 Å². The van der Waals surface area contributed by atoms with Crippen molar-refractivity contribution in [3.8, 4) is 0 Å². The second-order valence-corrected chi connectivity index (χ2v) is 17.3. The van der Waals surface area contributed by atoms with Gasteiger partial charge in [-0.1, -0.05) is 223 Å². The smallest absolute Gasteiger partial charge is 0.213 e. The molecule has 1 aromatic heterocycles. The summed E-state index contributed by atoms with van der Waals surface area (Å²) in [6.45, 7) is 11.6. The van der Waals surface area contributed by atoms with Gasteiger partial charge < -0.3 is 4.90 Å². The molecule has 4 aromatic rings. The highest BCUT2D eigenvalue weighted by molar-refractivity contribution is 5.95. The van der Waals surface area contributed by atoms with Crippen molar-refractivity contribution in [1.29, 1.82) is 0 Å². The van der Waals surface area contributed by atoms with Crippen LogP contribution in [0.2, 0.25) is 0 Å². The van der Waals surface area contributed by atoms with Gasteiger partial charge in [-0.25, -0.2) is 0 Å². The number of aryl methyl sites for hydroxylation is 1. The number of pyridine rings is 1. The van der Waals surface area contributed by atoms with Crippen LogP contribution in [0.3, 0.4) is 0 Å². The molecule has 0 unspecified atom stereocenters. The highest BCUT2D eigenvalue weighted by atomic mass is 15.2. The maximum absolute atomic E-state index is 2.64. The van der Waals surface area contributed by atoms with Crippen molar-refractivity contribution < 1.29 is 4.57 Å². The average molecular weight is 754 g/mol. The van der Waals surface area contributed by atoms with Crippen molar-refractivity contribution in [2.24, 2.45) is 0 Å². The predicted molar refractivity (Wildman–Crippen MR) is 248 cm³/mol. The number of rotatable bonds is 27. The summed E-state index contributed by atoms with van der Waals surface area (Å²) in [4.78, 5) is 2.64. The van der Waals surface area contributed by atoms with Crippen LogP contribution in [0.4, 0.5) is 5.69 Å². The lowest BCUT2D eigenvalue weighted by molar-refractivity contribution is -0.671. The molecule has 0 spiro atoms. The maximum Gasteiger partial charge on any atom is 0.213 e. The van der Waals surface area contributed by atoms with E-state index in [9.17, 15) is 0 Å². The lowest BCUT2D eigenvalue weighted by Crippen LogP contribution is -2.34. The Bertz CT molecular complexity index is 1820. The number of hydrogen-bond acceptors (Lipinski definition) is 1. The first-order valence-corrected chi connectivity index (χ1v) is 23.3. The molecule has 0 radical (unpaired) electrons. The Morgan fingerprint density at radius 1 is 0.536 bits per heavy atom. The van der Waals surface area contributed by atoms with Crippen LogP contribution in [0.5, 0.6) is 0 Å². The number of nitrogens with zero attached hydrogens (tertiary/aromatic N) is 2. The molecule has 0 amide bonds. The minimum Gasteiger partial charge on any atom is -0.344 e. The SMILES string of the molecule is CCCCCCCCCCCCCCCCCCCCCCN1/C(=C/C=C/C=C/c2cc[n+](CCCC)c3ccccc23)C(C)(C)c2c1ccc1ccccc21. The van der Waals surface area contributed by atoms with Crippen LogP contribution in [0, 0.1) is 0 Å². The monoisotopic (exact) mass is 754 g/mol. The van der Waals surface area contributed by atoms with E-state index >= 15 is 0 Å². The van der Waals surface area contributed by atoms with Crippen molar-refractivity contribution in [1.82, 2.24) is 0 Å². The van der Waals surface area contributed by atoms with Gasteiger partial charge in [0.15, 0.2) is 6.20 Å². The van der Waals surface area contributed by atoms with E-state index < -0.39 is 0 Å². The van der Waals surface area contributed by atoms with Crippen molar-refractivity contribution in [2.45, 2.75) is 181 Å². The zero-order valence-corrected chi connectivity index (χ0v) is 36.2. The van der Waals surface area contributed by atoms with Gasteiger partial charge in [0.2, 0.25) is 5.52 Å². The van der Waals surface area contributed by atoms with Gasteiger partial charge in [0.25, 0.3) is 0 Å². The Kier molecular flexibility index (Phi) is 18.8. The molecule has 0 saturated carbocycles. The molecule has 302 valence electrons. The first-order valence-electron chi connectivity index (χ1n) is 23.3. The minimum atomic E-state index is -0.0699. The Hall–Kier alpha value is -3.65. The van der Waals surface area contributed by atoms with E-state index in [-0.39, 0.29) is 5.41 Å². The summed E-state index contributed by atoms with van der Waals surface area (Å²) in [7, 11) is 0. The van der Waals surface area contributed by atoms with Crippen LogP contribution in [-0.2, 0) is 12.0 Å². The van der Waals surface area contributed by atoms with E-state index in [1.54, 1.807) is 0 Å². The molecule has 56 heavy (non-hydrogen) atoms. The quantitative estimate of drug-likeness (QED) is 0.0334. The third-order valence-corrected chi connectivity index (χ3v) is 12.5. The zero-order chi connectivity index (χ0) is 39.3. The molecule has 0 N–H and O–H groups in total. The number of unbranched alkanes of at least 4 members (excludes halogenated alkanes) is 20. The summed E-state index contributed by atoms with van der Waals surface area (Å²) in [5, 5.41) is 4.04. The molecular formula is C54H77N2+. The van der Waals surface area contributed by atoms with Gasteiger partial charge in [-0.05, 0) is 46.5 Å². The predicted octanol–water partition coefficient (Wildman–Crippen LogP) is 16.2. The van der Waals surface area contributed by atoms with Crippen LogP contribution in [0.1, 0.15) is 180 Å². The number of para-hydroxylation sites is 1. The lowest BCUT2D eigenvalue weighted by atomic mass is 9.81. The standard InChI is InChI=1S/C54H77N2/c1-5-7-9-10-11-12-13-14-15-16-17-18-19-20-21-22-23-24-25-33-44-56-51-41-40-46-35-29-30-37-49(46)53(51)54(3,4)52(56)39-28-26-27-34-47-42-45-55(43-8-6-2)50-38-32-31-36-48(47)50/h26-32,34-42,45H,5-25,33,43-44H2,1-4H3/q+1. The Morgan fingerprint density at radius 2 is 1.09 bits per heavy atom. The van der Waals surface area contributed by atoms with E-state index in [1.165, 1.54) is 185 Å². The first kappa shape index (κ1) is 43.5. The summed E-state index contributed by atoms with van der Waals surface area (Å²) in [6, 6.07) is 24.8. The molecule has 0 saturated heterocycles. The van der Waals surface area contributed by atoms with Crippen molar-refractivity contribution in [3.05, 3.63) is 114 Å². The number of allylic oxidation sites excluding steroid dienone is 5. The second-order valence-electron chi connectivity index (χ2n) is 17.3. The van der Waals surface area contributed by atoms with E-state index in [0.717, 1.165) is 13.1 Å². The number of benzene rings is 3. The fourth-order valence-corrected chi connectivity index (χ4v) is 9.15. The van der Waals surface area contributed by atoms with Crippen LogP contribution >= 0.6 is 0 Å². The number of aromatic nitrogens is 1.